The summed E-state index contributed by atoms with van der Waals surface area (Å²) in [5.41, 5.74) is 3.13. The standard InChI is InChI=1S/C21H19NO4/c1-3-13(2)10-22-16-7-5-4-6-14(16)21(20(22)23)11-24-17-9-19-18(8-15(17)21)25-12-26-19/h3-9H,10-12H2,1-2H3/b13-3+. The summed E-state index contributed by atoms with van der Waals surface area (Å²) in [6.07, 6.45) is 2.04. The Morgan fingerprint density at radius 3 is 2.69 bits per heavy atom. The van der Waals surface area contributed by atoms with Crippen molar-refractivity contribution in [3.8, 4) is 17.2 Å². The van der Waals surface area contributed by atoms with Gasteiger partial charge in [0.15, 0.2) is 11.5 Å². The lowest BCUT2D eigenvalue weighted by Gasteiger charge is -2.23. The number of allylic oxidation sites excluding steroid dienone is 1. The third-order valence-corrected chi connectivity index (χ3v) is 5.54. The van der Waals surface area contributed by atoms with Gasteiger partial charge in [0.1, 0.15) is 17.8 Å². The van der Waals surface area contributed by atoms with E-state index in [1.165, 1.54) is 0 Å². The van der Waals surface area contributed by atoms with Crippen molar-refractivity contribution in [2.45, 2.75) is 19.3 Å². The molecule has 5 nitrogen and oxygen atoms in total. The lowest BCUT2D eigenvalue weighted by molar-refractivity contribution is -0.122. The highest BCUT2D eigenvalue weighted by Crippen LogP contribution is 2.55. The smallest absolute Gasteiger partial charge is 0.246 e. The highest BCUT2D eigenvalue weighted by Gasteiger charge is 2.57. The second-order valence-electron chi connectivity index (χ2n) is 6.94. The van der Waals surface area contributed by atoms with E-state index >= 15 is 0 Å². The van der Waals surface area contributed by atoms with Gasteiger partial charge in [-0.2, -0.15) is 0 Å². The molecule has 0 aliphatic carbocycles. The summed E-state index contributed by atoms with van der Waals surface area (Å²) in [5.74, 6) is 2.09. The normalized spacial score (nSPS) is 22.6. The molecule has 0 aromatic heterocycles. The maximum atomic E-state index is 13.6. The summed E-state index contributed by atoms with van der Waals surface area (Å²) in [6.45, 7) is 5.10. The Hall–Kier alpha value is -2.95. The molecule has 5 rings (SSSR count). The SMILES string of the molecule is C/C=C(\C)CN1C(=O)C2(COc3cc4c(cc32)OCO4)c2ccccc21. The third-order valence-electron chi connectivity index (χ3n) is 5.54. The second kappa shape index (κ2) is 5.27. The van der Waals surface area contributed by atoms with Crippen molar-refractivity contribution in [1.82, 2.24) is 0 Å². The zero-order valence-electron chi connectivity index (χ0n) is 14.7. The van der Waals surface area contributed by atoms with Gasteiger partial charge in [0.2, 0.25) is 12.7 Å². The predicted molar refractivity (Wildman–Crippen MR) is 97.1 cm³/mol. The number of nitrogens with zero attached hydrogens (tertiary/aromatic N) is 1. The first-order chi connectivity index (χ1) is 12.6. The number of amides is 1. The molecule has 2 aromatic carbocycles. The number of para-hydroxylation sites is 1. The van der Waals surface area contributed by atoms with Crippen molar-refractivity contribution in [2.24, 2.45) is 0 Å². The van der Waals surface area contributed by atoms with Crippen LogP contribution in [-0.2, 0) is 10.2 Å². The van der Waals surface area contributed by atoms with Crippen molar-refractivity contribution in [1.29, 1.82) is 0 Å². The van der Waals surface area contributed by atoms with Crippen LogP contribution in [0.5, 0.6) is 17.2 Å². The van der Waals surface area contributed by atoms with E-state index in [-0.39, 0.29) is 12.7 Å². The maximum absolute atomic E-state index is 13.6. The Morgan fingerprint density at radius 2 is 1.88 bits per heavy atom. The van der Waals surface area contributed by atoms with Crippen molar-refractivity contribution >= 4 is 11.6 Å². The molecule has 1 atom stereocenters. The quantitative estimate of drug-likeness (QED) is 0.780. The van der Waals surface area contributed by atoms with Crippen molar-refractivity contribution < 1.29 is 19.0 Å². The lowest BCUT2D eigenvalue weighted by atomic mass is 9.77. The van der Waals surface area contributed by atoms with E-state index in [4.69, 9.17) is 14.2 Å². The molecule has 0 saturated heterocycles. The molecule has 0 fully saturated rings. The Morgan fingerprint density at radius 1 is 1.12 bits per heavy atom. The van der Waals surface area contributed by atoms with Crippen LogP contribution in [0.25, 0.3) is 0 Å². The molecular weight excluding hydrogens is 330 g/mol. The molecule has 2 aromatic rings. The van der Waals surface area contributed by atoms with Gasteiger partial charge in [-0.1, -0.05) is 29.8 Å². The number of ether oxygens (including phenoxy) is 3. The van der Waals surface area contributed by atoms with Crippen molar-refractivity contribution in [3.05, 3.63) is 59.2 Å². The summed E-state index contributed by atoms with van der Waals surface area (Å²) < 4.78 is 17.0. The molecule has 0 bridgehead atoms. The third kappa shape index (κ3) is 1.83. The molecule has 132 valence electrons. The average Bonchev–Trinajstić information content (AvgIpc) is 3.33. The molecule has 26 heavy (non-hydrogen) atoms. The van der Waals surface area contributed by atoms with Crippen LogP contribution in [0.2, 0.25) is 0 Å². The molecular formula is C21H19NO4. The predicted octanol–water partition coefficient (Wildman–Crippen LogP) is 3.41. The maximum Gasteiger partial charge on any atom is 0.246 e. The van der Waals surface area contributed by atoms with E-state index in [1.54, 1.807) is 0 Å². The largest absolute Gasteiger partial charge is 0.491 e. The van der Waals surface area contributed by atoms with Gasteiger partial charge in [0.05, 0.1) is 0 Å². The van der Waals surface area contributed by atoms with E-state index in [2.05, 4.69) is 0 Å². The first-order valence-corrected chi connectivity index (χ1v) is 8.75. The molecule has 5 heteroatoms. The molecule has 3 aliphatic heterocycles. The number of carbonyl (C=O) groups excluding carboxylic acids is 1. The van der Waals surface area contributed by atoms with Crippen LogP contribution in [0.15, 0.2) is 48.0 Å². The number of carbonyl (C=O) groups is 1. The van der Waals surface area contributed by atoms with Gasteiger partial charge >= 0.3 is 0 Å². The van der Waals surface area contributed by atoms with Gasteiger partial charge in [-0.05, 0) is 31.5 Å². The van der Waals surface area contributed by atoms with Gasteiger partial charge in [0, 0.05) is 23.9 Å². The Labute approximate surface area is 151 Å². The van der Waals surface area contributed by atoms with E-state index < -0.39 is 5.41 Å². The molecule has 0 N–H and O–H groups in total. The highest BCUT2D eigenvalue weighted by atomic mass is 16.7. The zero-order valence-corrected chi connectivity index (χ0v) is 14.7. The summed E-state index contributed by atoms with van der Waals surface area (Å²) in [6, 6.07) is 11.7. The van der Waals surface area contributed by atoms with Crippen LogP contribution >= 0.6 is 0 Å². The summed E-state index contributed by atoms with van der Waals surface area (Å²) >= 11 is 0. The Bertz CT molecular complexity index is 964. The first kappa shape index (κ1) is 15.3. The highest BCUT2D eigenvalue weighted by molar-refractivity contribution is 6.11. The van der Waals surface area contributed by atoms with Gasteiger partial charge in [-0.3, -0.25) is 4.79 Å². The van der Waals surface area contributed by atoms with E-state index in [1.807, 2.05) is 61.2 Å². The molecule has 1 spiro atoms. The van der Waals surface area contributed by atoms with Gasteiger partial charge in [-0.15, -0.1) is 0 Å². The molecule has 0 saturated carbocycles. The fourth-order valence-corrected chi connectivity index (χ4v) is 4.06. The monoisotopic (exact) mass is 349 g/mol. The summed E-state index contributed by atoms with van der Waals surface area (Å²) in [7, 11) is 0. The number of benzene rings is 2. The van der Waals surface area contributed by atoms with Crippen LogP contribution in [-0.4, -0.2) is 25.9 Å². The number of rotatable bonds is 2. The lowest BCUT2D eigenvalue weighted by Crippen LogP contribution is -2.43. The Kier molecular flexibility index (Phi) is 3.11. The van der Waals surface area contributed by atoms with Crippen molar-refractivity contribution in [3.63, 3.8) is 0 Å². The molecule has 3 heterocycles. The fourth-order valence-electron chi connectivity index (χ4n) is 4.06. The van der Waals surface area contributed by atoms with E-state index in [0.717, 1.165) is 22.4 Å². The molecule has 3 aliphatic rings. The van der Waals surface area contributed by atoms with Crippen molar-refractivity contribution in [2.75, 3.05) is 24.8 Å². The van der Waals surface area contributed by atoms with Crippen LogP contribution in [0.4, 0.5) is 5.69 Å². The first-order valence-electron chi connectivity index (χ1n) is 8.75. The van der Waals surface area contributed by atoms with Gasteiger partial charge < -0.3 is 19.1 Å². The number of hydrogen-bond donors (Lipinski definition) is 0. The summed E-state index contributed by atoms with van der Waals surface area (Å²) in [5, 5.41) is 0. The minimum atomic E-state index is -0.819. The van der Waals surface area contributed by atoms with Gasteiger partial charge in [0.25, 0.3) is 0 Å². The van der Waals surface area contributed by atoms with Crippen LogP contribution in [0.3, 0.4) is 0 Å². The van der Waals surface area contributed by atoms with Crippen LogP contribution < -0.4 is 19.1 Å². The molecule has 1 amide bonds. The summed E-state index contributed by atoms with van der Waals surface area (Å²) in [4.78, 5) is 15.5. The fraction of sp³-hybridized carbons (Fsp3) is 0.286. The second-order valence-corrected chi connectivity index (χ2v) is 6.94. The van der Waals surface area contributed by atoms with E-state index in [9.17, 15) is 4.79 Å². The minimum absolute atomic E-state index is 0.0533. The number of anilines is 1. The minimum Gasteiger partial charge on any atom is -0.491 e. The Balaban J connectivity index is 1.71. The number of hydrogen-bond acceptors (Lipinski definition) is 4. The van der Waals surface area contributed by atoms with Crippen LogP contribution in [0, 0.1) is 0 Å². The zero-order chi connectivity index (χ0) is 17.9. The average molecular weight is 349 g/mol. The van der Waals surface area contributed by atoms with Gasteiger partial charge in [-0.25, -0.2) is 0 Å². The topological polar surface area (TPSA) is 48.0 Å². The number of fused-ring (bicyclic) bond motifs is 5. The van der Waals surface area contributed by atoms with E-state index in [0.29, 0.717) is 30.4 Å². The molecule has 0 radical (unpaired) electrons. The van der Waals surface area contributed by atoms with Crippen LogP contribution in [0.1, 0.15) is 25.0 Å². The molecule has 1 unspecified atom stereocenters.